The lowest BCUT2D eigenvalue weighted by atomic mass is 10.0. The molecule has 0 radical (unpaired) electrons. The maximum atomic E-state index is 13.3. The predicted molar refractivity (Wildman–Crippen MR) is 93.2 cm³/mol. The van der Waals surface area contributed by atoms with Crippen LogP contribution in [-0.4, -0.2) is 48.8 Å². The summed E-state index contributed by atoms with van der Waals surface area (Å²) in [5.41, 5.74) is 0.786. The maximum absolute atomic E-state index is 13.3. The van der Waals surface area contributed by atoms with E-state index >= 15 is 0 Å². The van der Waals surface area contributed by atoms with E-state index < -0.39 is 0 Å². The summed E-state index contributed by atoms with van der Waals surface area (Å²) < 4.78 is 11.8. The molecule has 0 unspecified atom stereocenters. The first-order chi connectivity index (χ1) is 11.8. The Morgan fingerprint density at radius 1 is 1.21 bits per heavy atom. The Balaban J connectivity index is 1.64. The summed E-state index contributed by atoms with van der Waals surface area (Å²) in [5, 5.41) is 2.12. The van der Waals surface area contributed by atoms with Crippen molar-refractivity contribution in [1.29, 1.82) is 0 Å². The number of carbonyl (C=O) groups excluding carboxylic acids is 1. The monoisotopic (exact) mass is 325 g/mol. The third kappa shape index (κ3) is 2.60. The van der Waals surface area contributed by atoms with Crippen LogP contribution in [0.25, 0.3) is 10.8 Å². The number of amides is 1. The highest BCUT2D eigenvalue weighted by atomic mass is 16.5. The number of benzene rings is 2. The van der Waals surface area contributed by atoms with E-state index in [0.717, 1.165) is 29.2 Å². The van der Waals surface area contributed by atoms with Crippen LogP contribution in [0, 0.1) is 0 Å². The van der Waals surface area contributed by atoms with Crippen LogP contribution in [0.3, 0.4) is 0 Å². The van der Waals surface area contributed by atoms with Gasteiger partial charge < -0.3 is 14.4 Å². The van der Waals surface area contributed by atoms with Crippen molar-refractivity contribution < 1.29 is 14.3 Å². The van der Waals surface area contributed by atoms with E-state index in [-0.39, 0.29) is 24.2 Å². The SMILES string of the molecule is CCO[C@H]1CC[C@H]2[C@H]1OCCN2C(=O)c1cccc2ccccc12. The van der Waals surface area contributed by atoms with Gasteiger partial charge in [0.05, 0.1) is 18.8 Å². The maximum Gasteiger partial charge on any atom is 0.254 e. The number of hydrogen-bond donors (Lipinski definition) is 0. The molecule has 1 heterocycles. The average molecular weight is 325 g/mol. The quantitative estimate of drug-likeness (QED) is 0.869. The Kier molecular flexibility index (Phi) is 4.25. The fraction of sp³-hybridized carbons (Fsp3) is 0.450. The molecule has 1 aliphatic carbocycles. The molecule has 4 nitrogen and oxygen atoms in total. The van der Waals surface area contributed by atoms with Crippen LogP contribution in [0.2, 0.25) is 0 Å². The Morgan fingerprint density at radius 2 is 2.04 bits per heavy atom. The summed E-state index contributed by atoms with van der Waals surface area (Å²) in [7, 11) is 0. The molecular formula is C20H23NO3. The standard InChI is InChI=1S/C20H23NO3/c1-2-23-18-11-10-17-19(18)24-13-12-21(17)20(22)16-9-5-7-14-6-3-4-8-15(14)16/h3-9,17-19H,2,10-13H2,1H3/t17-,18-,19+/m0/s1. The van der Waals surface area contributed by atoms with E-state index in [4.69, 9.17) is 9.47 Å². The molecule has 4 heteroatoms. The number of nitrogens with zero attached hydrogens (tertiary/aromatic N) is 1. The van der Waals surface area contributed by atoms with Crippen LogP contribution in [0.5, 0.6) is 0 Å². The number of hydrogen-bond acceptors (Lipinski definition) is 3. The molecule has 4 rings (SSSR count). The van der Waals surface area contributed by atoms with Crippen molar-refractivity contribution in [3.8, 4) is 0 Å². The van der Waals surface area contributed by atoms with Crippen molar-refractivity contribution in [3.63, 3.8) is 0 Å². The minimum absolute atomic E-state index is 0.0117. The zero-order chi connectivity index (χ0) is 16.5. The highest BCUT2D eigenvalue weighted by molar-refractivity contribution is 6.07. The second-order valence-corrected chi connectivity index (χ2v) is 6.50. The van der Waals surface area contributed by atoms with Gasteiger partial charge in [-0.15, -0.1) is 0 Å². The Bertz CT molecular complexity index is 739. The van der Waals surface area contributed by atoms with E-state index in [2.05, 4.69) is 12.1 Å². The molecule has 24 heavy (non-hydrogen) atoms. The molecule has 0 spiro atoms. The van der Waals surface area contributed by atoms with Gasteiger partial charge in [0.25, 0.3) is 5.91 Å². The van der Waals surface area contributed by atoms with E-state index in [0.29, 0.717) is 19.8 Å². The highest BCUT2D eigenvalue weighted by Gasteiger charge is 2.45. The normalized spacial score (nSPS) is 26.5. The minimum Gasteiger partial charge on any atom is -0.376 e. The zero-order valence-electron chi connectivity index (χ0n) is 14.0. The van der Waals surface area contributed by atoms with Crippen LogP contribution in [0.1, 0.15) is 30.1 Å². The molecule has 126 valence electrons. The van der Waals surface area contributed by atoms with Crippen molar-refractivity contribution >= 4 is 16.7 Å². The van der Waals surface area contributed by atoms with E-state index in [1.165, 1.54) is 0 Å². The van der Waals surface area contributed by atoms with Crippen LogP contribution >= 0.6 is 0 Å². The van der Waals surface area contributed by atoms with Gasteiger partial charge in [-0.3, -0.25) is 4.79 Å². The van der Waals surface area contributed by atoms with Crippen LogP contribution in [-0.2, 0) is 9.47 Å². The van der Waals surface area contributed by atoms with Crippen LogP contribution in [0.15, 0.2) is 42.5 Å². The third-order valence-corrected chi connectivity index (χ3v) is 5.20. The molecule has 2 aromatic carbocycles. The van der Waals surface area contributed by atoms with Gasteiger partial charge >= 0.3 is 0 Å². The summed E-state index contributed by atoms with van der Waals surface area (Å²) >= 11 is 0. The van der Waals surface area contributed by atoms with Gasteiger partial charge in [0.2, 0.25) is 0 Å². The van der Waals surface area contributed by atoms with Crippen molar-refractivity contribution in [3.05, 3.63) is 48.0 Å². The van der Waals surface area contributed by atoms with Gasteiger partial charge in [-0.2, -0.15) is 0 Å². The van der Waals surface area contributed by atoms with Gasteiger partial charge in [-0.25, -0.2) is 0 Å². The lowest BCUT2D eigenvalue weighted by Crippen LogP contribution is -2.53. The first-order valence-corrected chi connectivity index (χ1v) is 8.81. The molecule has 0 bridgehead atoms. The topological polar surface area (TPSA) is 38.8 Å². The first kappa shape index (κ1) is 15.6. The van der Waals surface area contributed by atoms with E-state index in [1.54, 1.807) is 0 Å². The summed E-state index contributed by atoms with van der Waals surface area (Å²) in [6.45, 7) is 3.94. The highest BCUT2D eigenvalue weighted by Crippen LogP contribution is 2.33. The van der Waals surface area contributed by atoms with Crippen molar-refractivity contribution in [1.82, 2.24) is 4.90 Å². The largest absolute Gasteiger partial charge is 0.376 e. The Hall–Kier alpha value is -1.91. The van der Waals surface area contributed by atoms with Gasteiger partial charge in [0.1, 0.15) is 6.10 Å². The van der Waals surface area contributed by atoms with Gasteiger partial charge in [-0.1, -0.05) is 36.4 Å². The smallest absolute Gasteiger partial charge is 0.254 e. The second kappa shape index (κ2) is 6.54. The molecule has 3 atom stereocenters. The third-order valence-electron chi connectivity index (χ3n) is 5.20. The molecule has 2 aromatic rings. The molecule has 1 saturated carbocycles. The van der Waals surface area contributed by atoms with Crippen molar-refractivity contribution in [2.45, 2.75) is 38.0 Å². The second-order valence-electron chi connectivity index (χ2n) is 6.50. The Labute approximate surface area is 142 Å². The summed E-state index contributed by atoms with van der Waals surface area (Å²) in [5.74, 6) is 0.113. The summed E-state index contributed by atoms with van der Waals surface area (Å²) in [6, 6.07) is 14.1. The van der Waals surface area contributed by atoms with Gasteiger partial charge in [-0.05, 0) is 36.6 Å². The Morgan fingerprint density at radius 3 is 2.92 bits per heavy atom. The van der Waals surface area contributed by atoms with Gasteiger partial charge in [0, 0.05) is 18.7 Å². The van der Waals surface area contributed by atoms with Crippen LogP contribution in [0.4, 0.5) is 0 Å². The molecule has 1 amide bonds. The molecule has 1 saturated heterocycles. The summed E-state index contributed by atoms with van der Waals surface area (Å²) in [6.07, 6.45) is 2.04. The summed E-state index contributed by atoms with van der Waals surface area (Å²) in [4.78, 5) is 15.3. The average Bonchev–Trinajstić information content (AvgIpc) is 3.04. The molecular weight excluding hydrogens is 302 g/mol. The number of rotatable bonds is 3. The number of fused-ring (bicyclic) bond motifs is 2. The lowest BCUT2D eigenvalue weighted by molar-refractivity contribution is -0.102. The van der Waals surface area contributed by atoms with Gasteiger partial charge in [0.15, 0.2) is 0 Å². The van der Waals surface area contributed by atoms with Crippen molar-refractivity contribution in [2.75, 3.05) is 19.8 Å². The fourth-order valence-electron chi connectivity index (χ4n) is 4.13. The number of carbonyl (C=O) groups is 1. The molecule has 0 aromatic heterocycles. The van der Waals surface area contributed by atoms with Crippen molar-refractivity contribution in [2.24, 2.45) is 0 Å². The van der Waals surface area contributed by atoms with E-state index in [1.807, 2.05) is 42.2 Å². The molecule has 1 aliphatic heterocycles. The first-order valence-electron chi connectivity index (χ1n) is 8.81. The van der Waals surface area contributed by atoms with E-state index in [9.17, 15) is 4.79 Å². The fourth-order valence-corrected chi connectivity index (χ4v) is 4.13. The lowest BCUT2D eigenvalue weighted by Gasteiger charge is -2.39. The minimum atomic E-state index is 0.0117. The number of ether oxygens (including phenoxy) is 2. The van der Waals surface area contributed by atoms with Crippen LogP contribution < -0.4 is 0 Å². The molecule has 2 fully saturated rings. The zero-order valence-corrected chi connectivity index (χ0v) is 14.0. The molecule has 2 aliphatic rings. The molecule has 0 N–H and O–H groups in total. The number of morpholine rings is 1. The predicted octanol–water partition coefficient (Wildman–Crippen LogP) is 3.25.